The van der Waals surface area contributed by atoms with E-state index in [-0.39, 0.29) is 11.6 Å². The Labute approximate surface area is 79.9 Å². The van der Waals surface area contributed by atoms with E-state index in [2.05, 4.69) is 5.32 Å². The fourth-order valence-corrected chi connectivity index (χ4v) is 1.19. The third kappa shape index (κ3) is 7.65. The normalized spacial score (nSPS) is 10.5. The average Bonchev–Trinajstić information content (AvgIpc) is 2.04. The van der Waals surface area contributed by atoms with Gasteiger partial charge in [0.25, 0.3) is 0 Å². The van der Waals surface area contributed by atoms with Gasteiger partial charge in [-0.3, -0.25) is 0 Å². The van der Waals surface area contributed by atoms with Gasteiger partial charge in [-0.25, -0.2) is 0 Å². The first-order chi connectivity index (χ1) is 6.06. The van der Waals surface area contributed by atoms with Crippen LogP contribution in [0.25, 0.3) is 0 Å². The summed E-state index contributed by atoms with van der Waals surface area (Å²) < 4.78 is 0. The van der Waals surface area contributed by atoms with Crippen molar-refractivity contribution in [1.29, 1.82) is 0 Å². The van der Waals surface area contributed by atoms with Crippen LogP contribution in [0.1, 0.15) is 39.5 Å². The van der Waals surface area contributed by atoms with Gasteiger partial charge in [-0.15, -0.1) is 0 Å². The molecule has 3 heteroatoms. The number of carbonyl (C=O) groups is 2. The molecule has 0 saturated heterocycles. The van der Waals surface area contributed by atoms with E-state index >= 15 is 0 Å². The lowest BCUT2D eigenvalue weighted by molar-refractivity contribution is -0.117. The van der Waals surface area contributed by atoms with Gasteiger partial charge in [-0.05, 0) is 33.7 Å². The van der Waals surface area contributed by atoms with Crippen molar-refractivity contribution in [2.24, 2.45) is 0 Å². The van der Waals surface area contributed by atoms with E-state index in [9.17, 15) is 9.59 Å². The summed E-state index contributed by atoms with van der Waals surface area (Å²) in [4.78, 5) is 21.4. The average molecular weight is 185 g/mol. The van der Waals surface area contributed by atoms with E-state index in [0.29, 0.717) is 18.9 Å². The topological polar surface area (TPSA) is 46.2 Å². The Kier molecular flexibility index (Phi) is 6.41. The number of hydrogen-bond donors (Lipinski definition) is 1. The molecule has 0 aromatic carbocycles. The van der Waals surface area contributed by atoms with Crippen molar-refractivity contribution in [2.45, 2.75) is 45.6 Å². The Morgan fingerprint density at radius 3 is 1.69 bits per heavy atom. The summed E-state index contributed by atoms with van der Waals surface area (Å²) in [7, 11) is 1.87. The Morgan fingerprint density at radius 1 is 1.08 bits per heavy atom. The molecule has 0 unspecified atom stereocenters. The molecule has 0 saturated carbocycles. The molecule has 0 atom stereocenters. The number of ketones is 2. The number of hydrogen-bond acceptors (Lipinski definition) is 3. The van der Waals surface area contributed by atoms with E-state index in [4.69, 9.17) is 0 Å². The first kappa shape index (κ1) is 12.3. The van der Waals surface area contributed by atoms with Crippen molar-refractivity contribution in [3.63, 3.8) is 0 Å². The van der Waals surface area contributed by atoms with Crippen molar-refractivity contribution in [3.8, 4) is 0 Å². The molecule has 0 fully saturated rings. The van der Waals surface area contributed by atoms with Gasteiger partial charge in [-0.2, -0.15) is 0 Å². The van der Waals surface area contributed by atoms with Gasteiger partial charge < -0.3 is 14.9 Å². The third-order valence-corrected chi connectivity index (χ3v) is 2.10. The van der Waals surface area contributed by atoms with Gasteiger partial charge in [0.05, 0.1) is 0 Å². The van der Waals surface area contributed by atoms with Gasteiger partial charge in [0.2, 0.25) is 0 Å². The molecular formula is C10H19NO2. The van der Waals surface area contributed by atoms with Gasteiger partial charge in [0.1, 0.15) is 11.6 Å². The second-order valence-corrected chi connectivity index (χ2v) is 3.47. The highest BCUT2D eigenvalue weighted by molar-refractivity contribution is 5.76. The fraction of sp³-hybridized carbons (Fsp3) is 0.800. The molecule has 0 aliphatic rings. The highest BCUT2D eigenvalue weighted by Gasteiger charge is 2.07. The third-order valence-electron chi connectivity index (χ3n) is 2.10. The van der Waals surface area contributed by atoms with E-state index in [0.717, 1.165) is 12.8 Å². The Morgan fingerprint density at radius 2 is 1.46 bits per heavy atom. The highest BCUT2D eigenvalue weighted by atomic mass is 16.1. The molecule has 13 heavy (non-hydrogen) atoms. The van der Waals surface area contributed by atoms with E-state index in [1.165, 1.54) is 0 Å². The zero-order valence-corrected chi connectivity index (χ0v) is 8.72. The lowest BCUT2D eigenvalue weighted by Crippen LogP contribution is -2.26. The molecule has 76 valence electrons. The lowest BCUT2D eigenvalue weighted by atomic mass is 10.0. The van der Waals surface area contributed by atoms with E-state index < -0.39 is 0 Å². The molecular weight excluding hydrogens is 166 g/mol. The van der Waals surface area contributed by atoms with Gasteiger partial charge in [0.15, 0.2) is 0 Å². The van der Waals surface area contributed by atoms with Crippen molar-refractivity contribution in [1.82, 2.24) is 5.32 Å². The largest absolute Gasteiger partial charge is 0.317 e. The van der Waals surface area contributed by atoms with Crippen LogP contribution < -0.4 is 5.32 Å². The standard InChI is InChI=1S/C10H19NO2/c1-8(12)4-6-10(11-3)7-5-9(2)13/h10-11H,4-7H2,1-3H3. The quantitative estimate of drug-likeness (QED) is 0.650. The molecule has 1 N–H and O–H groups in total. The molecule has 3 nitrogen and oxygen atoms in total. The molecule has 0 amide bonds. The van der Waals surface area contributed by atoms with Gasteiger partial charge in [-0.1, -0.05) is 0 Å². The van der Waals surface area contributed by atoms with Crippen LogP contribution >= 0.6 is 0 Å². The summed E-state index contributed by atoms with van der Waals surface area (Å²) in [6.45, 7) is 3.19. The maximum atomic E-state index is 10.7. The Hall–Kier alpha value is -0.700. The smallest absolute Gasteiger partial charge is 0.129 e. The van der Waals surface area contributed by atoms with E-state index in [1.807, 2.05) is 7.05 Å². The summed E-state index contributed by atoms with van der Waals surface area (Å²) in [5.74, 6) is 0.422. The minimum atomic E-state index is 0.211. The first-order valence-corrected chi connectivity index (χ1v) is 4.72. The molecule has 0 aliphatic heterocycles. The number of Topliss-reactive ketones (excluding diaryl/α,β-unsaturated/α-hetero) is 2. The molecule has 0 rings (SSSR count). The SMILES string of the molecule is CNC(CCC(C)=O)CCC(C)=O. The van der Waals surface area contributed by atoms with Crippen LogP contribution in [0.2, 0.25) is 0 Å². The lowest BCUT2D eigenvalue weighted by Gasteiger charge is -2.13. The summed E-state index contributed by atoms with van der Waals surface area (Å²) in [6, 6.07) is 0.299. The number of nitrogens with one attached hydrogen (secondary N) is 1. The molecule has 0 bridgehead atoms. The predicted octanol–water partition coefficient (Wildman–Crippen LogP) is 1.31. The molecule has 0 aromatic rings. The zero-order chi connectivity index (χ0) is 10.3. The summed E-state index contributed by atoms with van der Waals surface area (Å²) in [6.07, 6.45) is 2.87. The second kappa shape index (κ2) is 6.78. The van der Waals surface area contributed by atoms with Crippen LogP contribution in [-0.4, -0.2) is 24.7 Å². The first-order valence-electron chi connectivity index (χ1n) is 4.72. The van der Waals surface area contributed by atoms with Gasteiger partial charge >= 0.3 is 0 Å². The van der Waals surface area contributed by atoms with Crippen LogP contribution in [0, 0.1) is 0 Å². The summed E-state index contributed by atoms with van der Waals surface area (Å²) in [5, 5.41) is 3.11. The fourth-order valence-electron chi connectivity index (χ4n) is 1.19. The van der Waals surface area contributed by atoms with Crippen molar-refractivity contribution >= 4 is 11.6 Å². The highest BCUT2D eigenvalue weighted by Crippen LogP contribution is 2.05. The molecule has 0 radical (unpaired) electrons. The molecule has 0 aromatic heterocycles. The van der Waals surface area contributed by atoms with Crippen LogP contribution in [0.4, 0.5) is 0 Å². The van der Waals surface area contributed by atoms with Crippen LogP contribution in [0.3, 0.4) is 0 Å². The van der Waals surface area contributed by atoms with Crippen LogP contribution in [0.5, 0.6) is 0 Å². The Bertz CT molecular complexity index is 160. The predicted molar refractivity (Wildman–Crippen MR) is 52.7 cm³/mol. The number of rotatable bonds is 7. The van der Waals surface area contributed by atoms with Crippen molar-refractivity contribution < 1.29 is 9.59 Å². The minimum absolute atomic E-state index is 0.211. The maximum Gasteiger partial charge on any atom is 0.129 e. The Balaban J connectivity index is 3.63. The van der Waals surface area contributed by atoms with Crippen LogP contribution in [-0.2, 0) is 9.59 Å². The molecule has 0 heterocycles. The van der Waals surface area contributed by atoms with Gasteiger partial charge in [0, 0.05) is 18.9 Å². The summed E-state index contributed by atoms with van der Waals surface area (Å²) >= 11 is 0. The van der Waals surface area contributed by atoms with Crippen LogP contribution in [0.15, 0.2) is 0 Å². The number of carbonyl (C=O) groups excluding carboxylic acids is 2. The molecule has 0 aliphatic carbocycles. The summed E-state index contributed by atoms with van der Waals surface area (Å²) in [5.41, 5.74) is 0. The minimum Gasteiger partial charge on any atom is -0.317 e. The molecule has 0 spiro atoms. The monoisotopic (exact) mass is 185 g/mol. The maximum absolute atomic E-state index is 10.7. The zero-order valence-electron chi connectivity index (χ0n) is 8.72. The van der Waals surface area contributed by atoms with Crippen molar-refractivity contribution in [3.05, 3.63) is 0 Å². The van der Waals surface area contributed by atoms with E-state index in [1.54, 1.807) is 13.8 Å². The van der Waals surface area contributed by atoms with Crippen molar-refractivity contribution in [2.75, 3.05) is 7.05 Å². The second-order valence-electron chi connectivity index (χ2n) is 3.47.